The molecule has 128 valence electrons. The number of aromatic nitrogens is 4. The molecule has 0 aliphatic carbocycles. The van der Waals surface area contributed by atoms with Crippen LogP contribution in [0, 0.1) is 0 Å². The van der Waals surface area contributed by atoms with Gasteiger partial charge in [0.15, 0.2) is 11.9 Å². The number of H-pyrrole nitrogens is 2. The number of aromatic amines is 2. The highest BCUT2D eigenvalue weighted by Gasteiger charge is 2.20. The molecule has 1 unspecified atom stereocenters. The highest BCUT2D eigenvalue weighted by atomic mass is 15.0. The van der Waals surface area contributed by atoms with E-state index >= 15 is 0 Å². The maximum atomic E-state index is 5.67. The Morgan fingerprint density at radius 1 is 1.38 bits per heavy atom. The van der Waals surface area contributed by atoms with Gasteiger partial charge in [0.2, 0.25) is 0 Å². The van der Waals surface area contributed by atoms with Crippen molar-refractivity contribution in [3.63, 3.8) is 0 Å². The first kappa shape index (κ1) is 16.9. The van der Waals surface area contributed by atoms with Crippen molar-refractivity contribution < 1.29 is 0 Å². The van der Waals surface area contributed by atoms with Gasteiger partial charge in [-0.25, -0.2) is 9.97 Å². The van der Waals surface area contributed by atoms with Crippen molar-refractivity contribution in [2.24, 2.45) is 22.2 Å². The molecule has 1 atom stereocenters. The van der Waals surface area contributed by atoms with Crippen molar-refractivity contribution in [1.82, 2.24) is 25.3 Å². The third-order valence-electron chi connectivity index (χ3n) is 3.22. The first-order valence-corrected chi connectivity index (χ1v) is 7.16. The summed E-state index contributed by atoms with van der Waals surface area (Å²) >= 11 is 0. The van der Waals surface area contributed by atoms with Gasteiger partial charge in [-0.3, -0.25) is 4.99 Å². The van der Waals surface area contributed by atoms with Gasteiger partial charge < -0.3 is 38.2 Å². The highest BCUT2D eigenvalue weighted by Crippen LogP contribution is 2.19. The van der Waals surface area contributed by atoms with E-state index in [2.05, 4.69) is 43.4 Å². The molecule has 0 aliphatic heterocycles. The van der Waals surface area contributed by atoms with Crippen molar-refractivity contribution in [1.29, 1.82) is 0 Å². The normalized spacial score (nSPS) is 12.8. The number of nitrogens with zero attached hydrogens (tertiary/aromatic N) is 3. The second-order valence-corrected chi connectivity index (χ2v) is 5.13. The Morgan fingerprint density at radius 2 is 2.12 bits per heavy atom. The summed E-state index contributed by atoms with van der Waals surface area (Å²) in [6, 6.07) is 0. The summed E-state index contributed by atoms with van der Waals surface area (Å²) in [7, 11) is 0. The van der Waals surface area contributed by atoms with Crippen molar-refractivity contribution in [2.75, 3.05) is 18.8 Å². The van der Waals surface area contributed by atoms with Crippen LogP contribution in [0.15, 0.2) is 23.6 Å². The van der Waals surface area contributed by atoms with Gasteiger partial charge in [-0.2, -0.15) is 0 Å². The molecule has 0 saturated carbocycles. The lowest BCUT2D eigenvalue weighted by atomic mass is 10.0. The molecule has 2 aromatic rings. The van der Waals surface area contributed by atoms with Crippen LogP contribution in [0.3, 0.4) is 0 Å². The number of aliphatic imine (C=N–C) groups is 1. The van der Waals surface area contributed by atoms with Gasteiger partial charge in [-0.05, 0) is 6.08 Å². The predicted octanol–water partition coefficient (Wildman–Crippen LogP) is -2.67. The van der Waals surface area contributed by atoms with Crippen molar-refractivity contribution in [3.8, 4) is 0 Å². The Bertz CT molecular complexity index is 839. The number of hydrogen-bond donors (Lipinski definition) is 7. The zero-order chi connectivity index (χ0) is 17.7. The second kappa shape index (κ2) is 7.22. The Labute approximate surface area is 138 Å². The van der Waals surface area contributed by atoms with Crippen molar-refractivity contribution in [3.05, 3.63) is 40.8 Å². The summed E-state index contributed by atoms with van der Waals surface area (Å²) in [6.45, 7) is 8.18. The number of nitrogen functional groups attached to an aromatic ring is 1. The van der Waals surface area contributed by atoms with Crippen molar-refractivity contribution >= 4 is 24.6 Å². The van der Waals surface area contributed by atoms with Crippen LogP contribution >= 0.6 is 0 Å². The van der Waals surface area contributed by atoms with E-state index in [1.807, 2.05) is 6.08 Å². The second-order valence-electron chi connectivity index (χ2n) is 5.13. The zero-order valence-electron chi connectivity index (χ0n) is 13.2. The minimum absolute atomic E-state index is 0.00972. The maximum Gasteiger partial charge on any atom is 0.197 e. The van der Waals surface area contributed by atoms with Crippen LogP contribution in [0.2, 0.25) is 0 Å². The minimum Gasteiger partial charge on any atom is -0.386 e. The first-order valence-electron chi connectivity index (χ1n) is 7.16. The summed E-state index contributed by atoms with van der Waals surface area (Å²) in [6.07, 6.45) is 3.51. The summed E-state index contributed by atoms with van der Waals surface area (Å²) in [5.74, 6) is 0.401. The van der Waals surface area contributed by atoms with Crippen LogP contribution in [0.25, 0.3) is 12.7 Å². The molecule has 0 saturated heterocycles. The van der Waals surface area contributed by atoms with Crippen LogP contribution in [-0.4, -0.2) is 39.0 Å². The quantitative estimate of drug-likeness (QED) is 0.213. The Morgan fingerprint density at radius 3 is 2.71 bits per heavy atom. The lowest BCUT2D eigenvalue weighted by Gasteiger charge is -2.11. The molecule has 10 heteroatoms. The summed E-state index contributed by atoms with van der Waals surface area (Å²) in [4.78, 5) is 18.6. The monoisotopic (exact) mass is 330 g/mol. The number of nitrogens with two attached hydrogens (primary N) is 4. The molecule has 0 spiro atoms. The molecule has 0 aliphatic rings. The lowest BCUT2D eigenvalue weighted by Crippen LogP contribution is -2.26. The Balaban J connectivity index is 2.44. The van der Waals surface area contributed by atoms with Crippen LogP contribution < -0.4 is 39.1 Å². The standard InChI is InChI=1S/C14H22N10/c1-7(15)19-4-3-10-12(23-8(2)22-10)9(5-20-13(16)17)11-6-21-14(18)24-11/h3,6,9,19,22H,1-2,4-5,15H2,(H4,16,17,20)(H3,18,21,24)/b10-3-. The molecule has 2 aromatic heterocycles. The van der Waals surface area contributed by atoms with E-state index in [1.54, 1.807) is 6.20 Å². The minimum atomic E-state index is -0.268. The van der Waals surface area contributed by atoms with Gasteiger partial charge in [0.25, 0.3) is 0 Å². The van der Waals surface area contributed by atoms with Gasteiger partial charge in [0, 0.05) is 12.2 Å². The van der Waals surface area contributed by atoms with Crippen LogP contribution in [0.5, 0.6) is 0 Å². The number of imidazole rings is 2. The Kier molecular flexibility index (Phi) is 5.09. The van der Waals surface area contributed by atoms with Crippen LogP contribution in [0.1, 0.15) is 17.3 Å². The topological polar surface area (TPSA) is 186 Å². The van der Waals surface area contributed by atoms with Gasteiger partial charge in [-0.1, -0.05) is 13.2 Å². The summed E-state index contributed by atoms with van der Waals surface area (Å²) < 4.78 is 0. The molecule has 10 nitrogen and oxygen atoms in total. The van der Waals surface area contributed by atoms with E-state index in [4.69, 9.17) is 22.9 Å². The SMILES string of the molecule is C=C(N)NC/C=c1\[nH]c(=C)nc1C(CN=C(N)N)c1cnc(N)[nH]1. The average molecular weight is 330 g/mol. The third-order valence-corrected chi connectivity index (χ3v) is 3.22. The molecular formula is C14H22N10. The van der Waals surface area contributed by atoms with Crippen LogP contribution in [0.4, 0.5) is 5.95 Å². The van der Waals surface area contributed by atoms with Gasteiger partial charge >= 0.3 is 0 Å². The average Bonchev–Trinajstić information content (AvgIpc) is 3.05. The Hall–Kier alpha value is -3.43. The molecule has 0 aromatic carbocycles. The largest absolute Gasteiger partial charge is 0.386 e. The number of nitrogens with one attached hydrogen (secondary N) is 3. The van der Waals surface area contributed by atoms with E-state index in [1.165, 1.54) is 0 Å². The molecule has 0 amide bonds. The van der Waals surface area contributed by atoms with E-state index in [0.717, 1.165) is 16.7 Å². The van der Waals surface area contributed by atoms with Gasteiger partial charge in [0.1, 0.15) is 5.48 Å². The molecule has 0 bridgehead atoms. The molecule has 24 heavy (non-hydrogen) atoms. The van der Waals surface area contributed by atoms with Crippen LogP contribution in [-0.2, 0) is 0 Å². The lowest BCUT2D eigenvalue weighted by molar-refractivity contribution is 0.764. The van der Waals surface area contributed by atoms with Crippen molar-refractivity contribution in [2.45, 2.75) is 5.92 Å². The number of guanidine groups is 1. The molecule has 11 N–H and O–H groups in total. The van der Waals surface area contributed by atoms with Gasteiger partial charge in [-0.15, -0.1) is 0 Å². The maximum absolute atomic E-state index is 5.67. The predicted molar refractivity (Wildman–Crippen MR) is 94.7 cm³/mol. The number of hydrogen-bond acceptors (Lipinski definition) is 6. The highest BCUT2D eigenvalue weighted by molar-refractivity contribution is 5.75. The number of rotatable bonds is 7. The van der Waals surface area contributed by atoms with E-state index in [9.17, 15) is 0 Å². The van der Waals surface area contributed by atoms with E-state index in [0.29, 0.717) is 23.8 Å². The van der Waals surface area contributed by atoms with E-state index < -0.39 is 0 Å². The molecule has 0 fully saturated rings. The fraction of sp³-hybridized carbons (Fsp3) is 0.214. The van der Waals surface area contributed by atoms with Gasteiger partial charge in [0.05, 0.1) is 35.5 Å². The van der Waals surface area contributed by atoms with E-state index in [-0.39, 0.29) is 18.4 Å². The molecular weight excluding hydrogens is 308 g/mol. The molecule has 2 rings (SSSR count). The molecule has 0 radical (unpaired) electrons. The fourth-order valence-corrected chi connectivity index (χ4v) is 2.22. The summed E-state index contributed by atoms with van der Waals surface area (Å²) in [5.41, 5.74) is 24.1. The zero-order valence-corrected chi connectivity index (χ0v) is 13.2. The third kappa shape index (κ3) is 4.29. The number of anilines is 1. The first-order chi connectivity index (χ1) is 11.4. The smallest absolute Gasteiger partial charge is 0.197 e. The summed E-state index contributed by atoms with van der Waals surface area (Å²) in [5, 5.41) is 3.69. The fourth-order valence-electron chi connectivity index (χ4n) is 2.22. The molecule has 2 heterocycles.